The van der Waals surface area contributed by atoms with Crippen molar-refractivity contribution in [2.24, 2.45) is 0 Å². The molecule has 1 atom stereocenters. The molecule has 0 saturated carbocycles. The number of anilines is 2. The normalized spacial score (nSPS) is 15.6. The van der Waals surface area contributed by atoms with Gasteiger partial charge in [0.05, 0.1) is 19.3 Å². The fourth-order valence-corrected chi connectivity index (χ4v) is 3.05. The molecular weight excluding hydrogens is 384 g/mol. The molecule has 0 aromatic heterocycles. The van der Waals surface area contributed by atoms with E-state index < -0.39 is 0 Å². The van der Waals surface area contributed by atoms with Crippen LogP contribution in [-0.2, 0) is 14.3 Å². The lowest BCUT2D eigenvalue weighted by Crippen LogP contribution is -2.21. The molecule has 1 saturated heterocycles. The molecule has 2 aromatic carbocycles. The molecule has 1 amide bonds. The molecule has 0 aliphatic carbocycles. The van der Waals surface area contributed by atoms with Gasteiger partial charge in [-0.25, -0.2) is 0 Å². The van der Waals surface area contributed by atoms with Crippen LogP contribution in [-0.4, -0.2) is 51.6 Å². The van der Waals surface area contributed by atoms with Crippen LogP contribution in [0.3, 0.4) is 0 Å². The van der Waals surface area contributed by atoms with Crippen LogP contribution < -0.4 is 20.1 Å². The molecule has 7 nitrogen and oxygen atoms in total. The van der Waals surface area contributed by atoms with Crippen molar-refractivity contribution < 1.29 is 23.7 Å². The number of ether oxygens (including phenoxy) is 4. The second-order valence-electron chi connectivity index (χ2n) is 6.95. The first-order chi connectivity index (χ1) is 14.7. The summed E-state index contributed by atoms with van der Waals surface area (Å²) in [5.74, 6) is 1.37. The average Bonchev–Trinajstić information content (AvgIpc) is 3.29. The summed E-state index contributed by atoms with van der Waals surface area (Å²) in [4.78, 5) is 12.2. The Labute approximate surface area is 177 Å². The Morgan fingerprint density at radius 2 is 1.93 bits per heavy atom. The number of rotatable bonds is 12. The van der Waals surface area contributed by atoms with Crippen molar-refractivity contribution >= 4 is 17.3 Å². The van der Waals surface area contributed by atoms with Crippen molar-refractivity contribution in [3.05, 3.63) is 48.5 Å². The zero-order chi connectivity index (χ0) is 21.0. The van der Waals surface area contributed by atoms with Gasteiger partial charge in [-0.2, -0.15) is 0 Å². The number of carbonyl (C=O) groups is 1. The lowest BCUT2D eigenvalue weighted by molar-refractivity contribution is -0.114. The molecule has 0 spiro atoms. The van der Waals surface area contributed by atoms with E-state index >= 15 is 0 Å². The Bertz CT molecular complexity index is 775. The van der Waals surface area contributed by atoms with Crippen LogP contribution in [0.2, 0.25) is 0 Å². The first-order valence-electron chi connectivity index (χ1n) is 10.4. The maximum atomic E-state index is 12.2. The lowest BCUT2D eigenvalue weighted by Gasteiger charge is -2.13. The number of nitrogens with one attached hydrogen (secondary N) is 2. The standard InChI is InChI=1S/C23H30N2O5/c1-2-27-13-14-29-20-10-8-18(9-11-20)25-23(26)16-24-19-5-3-6-21(15-19)30-17-22-7-4-12-28-22/h3,5-6,8-11,15,22,24H,2,4,7,12-14,16-17H2,1H3,(H,25,26). The van der Waals surface area contributed by atoms with E-state index in [0.717, 1.165) is 36.6 Å². The van der Waals surface area contributed by atoms with E-state index in [1.165, 1.54) is 0 Å². The van der Waals surface area contributed by atoms with Gasteiger partial charge in [0.1, 0.15) is 24.7 Å². The zero-order valence-corrected chi connectivity index (χ0v) is 17.4. The van der Waals surface area contributed by atoms with Crippen molar-refractivity contribution in [2.45, 2.75) is 25.9 Å². The number of hydrogen-bond acceptors (Lipinski definition) is 6. The Hall–Kier alpha value is -2.77. The SMILES string of the molecule is CCOCCOc1ccc(NC(=O)CNc2cccc(OCC3CCCO3)c2)cc1. The highest BCUT2D eigenvalue weighted by Gasteiger charge is 2.16. The predicted molar refractivity (Wildman–Crippen MR) is 116 cm³/mol. The number of hydrogen-bond donors (Lipinski definition) is 2. The van der Waals surface area contributed by atoms with Crippen molar-refractivity contribution in [3.63, 3.8) is 0 Å². The highest BCUT2D eigenvalue weighted by molar-refractivity contribution is 5.93. The van der Waals surface area contributed by atoms with Crippen molar-refractivity contribution in [1.82, 2.24) is 0 Å². The first-order valence-corrected chi connectivity index (χ1v) is 10.4. The summed E-state index contributed by atoms with van der Waals surface area (Å²) in [5, 5.41) is 5.99. The van der Waals surface area contributed by atoms with Gasteiger partial charge >= 0.3 is 0 Å². The average molecular weight is 415 g/mol. The summed E-state index contributed by atoms with van der Waals surface area (Å²) in [7, 11) is 0. The van der Waals surface area contributed by atoms with E-state index in [0.29, 0.717) is 32.1 Å². The maximum absolute atomic E-state index is 12.2. The molecule has 162 valence electrons. The van der Waals surface area contributed by atoms with Gasteiger partial charge in [-0.05, 0) is 56.2 Å². The fourth-order valence-electron chi connectivity index (χ4n) is 3.05. The Kier molecular flexibility index (Phi) is 8.80. The quantitative estimate of drug-likeness (QED) is 0.516. The summed E-state index contributed by atoms with van der Waals surface area (Å²) in [5.41, 5.74) is 1.54. The maximum Gasteiger partial charge on any atom is 0.243 e. The summed E-state index contributed by atoms with van der Waals surface area (Å²) in [6.07, 6.45) is 2.31. The van der Waals surface area contributed by atoms with Crippen LogP contribution in [0.1, 0.15) is 19.8 Å². The molecule has 1 fully saturated rings. The van der Waals surface area contributed by atoms with E-state index in [1.807, 2.05) is 55.5 Å². The number of benzene rings is 2. The van der Waals surface area contributed by atoms with Crippen LogP contribution >= 0.6 is 0 Å². The highest BCUT2D eigenvalue weighted by atomic mass is 16.5. The second-order valence-corrected chi connectivity index (χ2v) is 6.95. The number of amides is 1. The topological polar surface area (TPSA) is 78.1 Å². The van der Waals surface area contributed by atoms with Crippen molar-refractivity contribution in [2.75, 3.05) is 50.2 Å². The second kappa shape index (κ2) is 12.0. The zero-order valence-electron chi connectivity index (χ0n) is 17.4. The van der Waals surface area contributed by atoms with Gasteiger partial charge in [-0.1, -0.05) is 6.07 Å². The molecule has 2 aromatic rings. The van der Waals surface area contributed by atoms with Gasteiger partial charge in [0, 0.05) is 30.7 Å². The highest BCUT2D eigenvalue weighted by Crippen LogP contribution is 2.20. The van der Waals surface area contributed by atoms with Crippen molar-refractivity contribution in [3.8, 4) is 11.5 Å². The predicted octanol–water partition coefficient (Wildman–Crippen LogP) is 3.71. The number of carbonyl (C=O) groups excluding carboxylic acids is 1. The summed E-state index contributed by atoms with van der Waals surface area (Å²) in [6, 6.07) is 14.9. The van der Waals surface area contributed by atoms with Gasteiger partial charge in [0.2, 0.25) is 5.91 Å². The van der Waals surface area contributed by atoms with Crippen molar-refractivity contribution in [1.29, 1.82) is 0 Å². The van der Waals surface area contributed by atoms with E-state index in [9.17, 15) is 4.79 Å². The molecule has 2 N–H and O–H groups in total. The minimum atomic E-state index is -0.134. The molecule has 1 aliphatic rings. The molecule has 1 unspecified atom stereocenters. The molecule has 7 heteroatoms. The van der Waals surface area contributed by atoms with Crippen LogP contribution in [0, 0.1) is 0 Å². The monoisotopic (exact) mass is 414 g/mol. The summed E-state index contributed by atoms with van der Waals surface area (Å²) >= 11 is 0. The third kappa shape index (κ3) is 7.57. The van der Waals surface area contributed by atoms with Crippen LogP contribution in [0.15, 0.2) is 48.5 Å². The first kappa shape index (κ1) is 21.9. The van der Waals surface area contributed by atoms with Gasteiger partial charge in [0.25, 0.3) is 0 Å². The van der Waals surface area contributed by atoms with Crippen LogP contribution in [0.4, 0.5) is 11.4 Å². The van der Waals surface area contributed by atoms with E-state index in [-0.39, 0.29) is 18.6 Å². The third-order valence-electron chi connectivity index (χ3n) is 4.59. The lowest BCUT2D eigenvalue weighted by atomic mass is 10.2. The van der Waals surface area contributed by atoms with Gasteiger partial charge < -0.3 is 29.6 Å². The summed E-state index contributed by atoms with van der Waals surface area (Å²) < 4.78 is 22.2. The third-order valence-corrected chi connectivity index (χ3v) is 4.59. The Morgan fingerprint density at radius 1 is 1.07 bits per heavy atom. The van der Waals surface area contributed by atoms with E-state index in [2.05, 4.69) is 10.6 Å². The molecule has 1 aliphatic heterocycles. The molecule has 1 heterocycles. The molecule has 0 bridgehead atoms. The molecule has 0 radical (unpaired) electrons. The summed E-state index contributed by atoms with van der Waals surface area (Å²) in [6.45, 7) is 5.20. The Morgan fingerprint density at radius 3 is 2.70 bits per heavy atom. The van der Waals surface area contributed by atoms with E-state index in [1.54, 1.807) is 0 Å². The van der Waals surface area contributed by atoms with E-state index in [4.69, 9.17) is 18.9 Å². The van der Waals surface area contributed by atoms with Crippen LogP contribution in [0.5, 0.6) is 11.5 Å². The minimum Gasteiger partial charge on any atom is -0.491 e. The molecule has 3 rings (SSSR count). The fraction of sp³-hybridized carbons (Fsp3) is 0.435. The van der Waals surface area contributed by atoms with Gasteiger partial charge in [0.15, 0.2) is 0 Å². The molecular formula is C23H30N2O5. The van der Waals surface area contributed by atoms with Gasteiger partial charge in [-0.15, -0.1) is 0 Å². The largest absolute Gasteiger partial charge is 0.491 e. The Balaban J connectivity index is 1.39. The van der Waals surface area contributed by atoms with Crippen LogP contribution in [0.25, 0.3) is 0 Å². The minimum absolute atomic E-state index is 0.134. The smallest absolute Gasteiger partial charge is 0.243 e. The molecule has 30 heavy (non-hydrogen) atoms. The van der Waals surface area contributed by atoms with Gasteiger partial charge in [-0.3, -0.25) is 4.79 Å².